The molecule has 0 saturated carbocycles. The van der Waals surface area contributed by atoms with Crippen LogP contribution in [0.15, 0.2) is 24.4 Å². The van der Waals surface area contributed by atoms with Crippen molar-refractivity contribution in [3.05, 3.63) is 49.4 Å². The smallest absolute Gasteiger partial charge is 0.293 e. The van der Waals surface area contributed by atoms with Gasteiger partial charge in [0.15, 0.2) is 0 Å². The van der Waals surface area contributed by atoms with Gasteiger partial charge in [0, 0.05) is 22.2 Å². The van der Waals surface area contributed by atoms with Crippen molar-refractivity contribution < 1.29 is 4.92 Å². The third kappa shape index (κ3) is 3.21. The van der Waals surface area contributed by atoms with Crippen LogP contribution in [0.25, 0.3) is 0 Å². The number of aromatic nitrogens is 1. The molecule has 0 aliphatic carbocycles. The van der Waals surface area contributed by atoms with Crippen LogP contribution in [-0.2, 0) is 0 Å². The first-order valence-corrected chi connectivity index (χ1v) is 6.79. The summed E-state index contributed by atoms with van der Waals surface area (Å²) in [5, 5.41) is 15.3. The van der Waals surface area contributed by atoms with E-state index >= 15 is 0 Å². The van der Waals surface area contributed by atoms with E-state index in [1.807, 2.05) is 13.8 Å². The Hall–Kier alpha value is -1.66. The molecule has 0 fully saturated rings. The van der Waals surface area contributed by atoms with E-state index in [0.29, 0.717) is 10.7 Å². The number of hydrogen-bond donors (Lipinski definition) is 1. The van der Waals surface area contributed by atoms with Gasteiger partial charge in [0.1, 0.15) is 10.7 Å². The molecule has 0 radical (unpaired) electrons. The first-order chi connectivity index (χ1) is 8.97. The van der Waals surface area contributed by atoms with Crippen molar-refractivity contribution in [2.45, 2.75) is 19.9 Å². The van der Waals surface area contributed by atoms with E-state index in [1.165, 1.54) is 6.07 Å². The maximum atomic E-state index is 11.0. The Morgan fingerprint density at radius 2 is 2.26 bits per heavy atom. The standard InChI is InChI=1S/C12H12ClN3O2S/c1-7-6-14-12(19-7)8(2)15-10-4-3-9(13)5-11(10)16(17)18/h3-6,8,15H,1-2H3. The van der Waals surface area contributed by atoms with Gasteiger partial charge in [0.05, 0.1) is 11.0 Å². The molecule has 1 N–H and O–H groups in total. The fourth-order valence-electron chi connectivity index (χ4n) is 1.65. The fraction of sp³-hybridized carbons (Fsp3) is 0.250. The van der Waals surface area contributed by atoms with Gasteiger partial charge in [-0.15, -0.1) is 11.3 Å². The molecule has 0 bridgehead atoms. The Labute approximate surface area is 119 Å². The molecule has 2 rings (SSSR count). The second kappa shape index (κ2) is 5.54. The zero-order valence-corrected chi connectivity index (χ0v) is 12.0. The van der Waals surface area contributed by atoms with E-state index in [-0.39, 0.29) is 11.7 Å². The summed E-state index contributed by atoms with van der Waals surface area (Å²) in [6.45, 7) is 3.88. The normalized spacial score (nSPS) is 12.2. The van der Waals surface area contributed by atoms with E-state index in [4.69, 9.17) is 11.6 Å². The lowest BCUT2D eigenvalue weighted by Gasteiger charge is -2.12. The van der Waals surface area contributed by atoms with Gasteiger partial charge in [-0.1, -0.05) is 11.6 Å². The van der Waals surface area contributed by atoms with Gasteiger partial charge >= 0.3 is 0 Å². The van der Waals surface area contributed by atoms with Crippen molar-refractivity contribution in [2.75, 3.05) is 5.32 Å². The lowest BCUT2D eigenvalue weighted by Crippen LogP contribution is -2.08. The second-order valence-corrected chi connectivity index (χ2v) is 5.80. The molecule has 1 atom stereocenters. The van der Waals surface area contributed by atoms with Crippen molar-refractivity contribution in [1.29, 1.82) is 0 Å². The molecular formula is C12H12ClN3O2S. The Morgan fingerprint density at radius 3 is 2.84 bits per heavy atom. The topological polar surface area (TPSA) is 68.1 Å². The van der Waals surface area contributed by atoms with E-state index in [0.717, 1.165) is 9.88 Å². The molecule has 0 amide bonds. The number of thiazole rings is 1. The maximum Gasteiger partial charge on any atom is 0.293 e. The average Bonchev–Trinajstić information content (AvgIpc) is 2.78. The van der Waals surface area contributed by atoms with Gasteiger partial charge < -0.3 is 5.32 Å². The van der Waals surface area contributed by atoms with Gasteiger partial charge in [-0.25, -0.2) is 4.98 Å². The molecule has 1 aromatic heterocycles. The highest BCUT2D eigenvalue weighted by atomic mass is 35.5. The molecule has 1 unspecified atom stereocenters. The highest BCUT2D eigenvalue weighted by Crippen LogP contribution is 2.31. The van der Waals surface area contributed by atoms with E-state index in [9.17, 15) is 10.1 Å². The first kappa shape index (κ1) is 13.8. The summed E-state index contributed by atoms with van der Waals surface area (Å²) in [6, 6.07) is 4.47. The fourth-order valence-corrected chi connectivity index (χ4v) is 2.59. The Bertz CT molecular complexity index is 615. The minimum atomic E-state index is -0.450. The summed E-state index contributed by atoms with van der Waals surface area (Å²) in [5.41, 5.74) is 0.405. The number of anilines is 1. The molecule has 7 heteroatoms. The zero-order valence-electron chi connectivity index (χ0n) is 10.4. The van der Waals surface area contributed by atoms with Crippen LogP contribution in [0.3, 0.4) is 0 Å². The van der Waals surface area contributed by atoms with E-state index in [1.54, 1.807) is 29.7 Å². The number of nitrogens with one attached hydrogen (secondary N) is 1. The van der Waals surface area contributed by atoms with Gasteiger partial charge in [-0.2, -0.15) is 0 Å². The summed E-state index contributed by atoms with van der Waals surface area (Å²) in [5.74, 6) is 0. The lowest BCUT2D eigenvalue weighted by molar-refractivity contribution is -0.384. The summed E-state index contributed by atoms with van der Waals surface area (Å²) in [6.07, 6.45) is 1.79. The Balaban J connectivity index is 2.26. The number of nitro groups is 1. The molecule has 1 heterocycles. The van der Waals surface area contributed by atoms with Crippen LogP contribution in [0.1, 0.15) is 22.9 Å². The largest absolute Gasteiger partial charge is 0.371 e. The molecule has 2 aromatic rings. The molecule has 0 spiro atoms. The number of nitro benzene ring substituents is 1. The number of hydrogen-bond acceptors (Lipinski definition) is 5. The van der Waals surface area contributed by atoms with Gasteiger partial charge in [-0.05, 0) is 26.0 Å². The van der Waals surface area contributed by atoms with Crippen molar-refractivity contribution >= 4 is 34.3 Å². The minimum absolute atomic E-state index is 0.0346. The quantitative estimate of drug-likeness (QED) is 0.679. The van der Waals surface area contributed by atoms with Gasteiger partial charge in [0.25, 0.3) is 5.69 Å². The summed E-state index contributed by atoms with van der Waals surface area (Å²) in [4.78, 5) is 15.9. The molecule has 0 aliphatic rings. The highest BCUT2D eigenvalue weighted by Gasteiger charge is 2.17. The van der Waals surface area contributed by atoms with Crippen molar-refractivity contribution in [3.8, 4) is 0 Å². The molecule has 0 saturated heterocycles. The number of benzene rings is 1. The zero-order chi connectivity index (χ0) is 14.0. The van der Waals surface area contributed by atoms with Crippen LogP contribution in [0.4, 0.5) is 11.4 Å². The first-order valence-electron chi connectivity index (χ1n) is 5.60. The molecule has 1 aromatic carbocycles. The summed E-state index contributed by atoms with van der Waals surface area (Å²) >= 11 is 7.34. The SMILES string of the molecule is Cc1cnc(C(C)Nc2ccc(Cl)cc2[N+](=O)[O-])s1. The molecule has 100 valence electrons. The van der Waals surface area contributed by atoms with Crippen LogP contribution in [-0.4, -0.2) is 9.91 Å². The van der Waals surface area contributed by atoms with Crippen molar-refractivity contribution in [1.82, 2.24) is 4.98 Å². The predicted octanol–water partition coefficient (Wildman–Crippen LogP) is 4.19. The lowest BCUT2D eigenvalue weighted by atomic mass is 10.2. The summed E-state index contributed by atoms with van der Waals surface area (Å²) < 4.78 is 0. The second-order valence-electron chi connectivity index (χ2n) is 4.09. The summed E-state index contributed by atoms with van der Waals surface area (Å²) in [7, 11) is 0. The Kier molecular flexibility index (Phi) is 4.01. The van der Waals surface area contributed by atoms with Crippen LogP contribution in [0.2, 0.25) is 5.02 Å². The van der Waals surface area contributed by atoms with Crippen molar-refractivity contribution in [2.24, 2.45) is 0 Å². The molecule has 19 heavy (non-hydrogen) atoms. The monoisotopic (exact) mass is 297 g/mol. The van der Waals surface area contributed by atoms with Crippen LogP contribution in [0.5, 0.6) is 0 Å². The third-order valence-corrected chi connectivity index (χ3v) is 3.87. The van der Waals surface area contributed by atoms with Gasteiger partial charge in [-0.3, -0.25) is 10.1 Å². The highest BCUT2D eigenvalue weighted by molar-refractivity contribution is 7.11. The number of halogens is 1. The van der Waals surface area contributed by atoms with Crippen LogP contribution in [0, 0.1) is 17.0 Å². The molecular weight excluding hydrogens is 286 g/mol. The van der Waals surface area contributed by atoms with Gasteiger partial charge in [0.2, 0.25) is 0 Å². The number of aryl methyl sites for hydroxylation is 1. The number of nitrogens with zero attached hydrogens (tertiary/aromatic N) is 2. The number of rotatable bonds is 4. The Morgan fingerprint density at radius 1 is 1.53 bits per heavy atom. The molecule has 5 nitrogen and oxygen atoms in total. The molecule has 0 aliphatic heterocycles. The van der Waals surface area contributed by atoms with Crippen LogP contribution < -0.4 is 5.32 Å². The third-order valence-electron chi connectivity index (χ3n) is 2.54. The van der Waals surface area contributed by atoms with E-state index < -0.39 is 4.92 Å². The maximum absolute atomic E-state index is 11.0. The van der Waals surface area contributed by atoms with Crippen LogP contribution >= 0.6 is 22.9 Å². The average molecular weight is 298 g/mol. The predicted molar refractivity (Wildman–Crippen MR) is 77.0 cm³/mol. The minimum Gasteiger partial charge on any atom is -0.371 e. The van der Waals surface area contributed by atoms with Crippen molar-refractivity contribution in [3.63, 3.8) is 0 Å². The van der Waals surface area contributed by atoms with E-state index in [2.05, 4.69) is 10.3 Å².